The number of hydrogen-bond donors (Lipinski definition) is 3. The second-order valence-corrected chi connectivity index (χ2v) is 3.86. The van der Waals surface area contributed by atoms with Gasteiger partial charge < -0.3 is 36.3 Å². The van der Waals surface area contributed by atoms with Crippen molar-refractivity contribution in [2.45, 2.75) is 25.3 Å². The number of rotatable bonds is 7. The van der Waals surface area contributed by atoms with Crippen molar-refractivity contribution in [3.05, 3.63) is 24.3 Å². The third kappa shape index (κ3) is 13.2. The van der Waals surface area contributed by atoms with Crippen LogP contribution in [0.1, 0.15) is 25.0 Å². The molecule has 0 bridgehead atoms. The Hall–Kier alpha value is -1.57. The van der Waals surface area contributed by atoms with Crippen molar-refractivity contribution in [2.24, 2.45) is 11.5 Å². The Morgan fingerprint density at radius 2 is 2.05 bits per heavy atom. The largest absolute Gasteiger partial charge is 2.00 e. The molecular formula is C12H18N4O4Zn. The maximum Gasteiger partial charge on any atom is 2.00 e. The van der Waals surface area contributed by atoms with E-state index in [9.17, 15) is 19.8 Å². The van der Waals surface area contributed by atoms with Crippen LogP contribution in [-0.4, -0.2) is 34.5 Å². The van der Waals surface area contributed by atoms with Crippen molar-refractivity contribution >= 4 is 18.0 Å². The summed E-state index contributed by atoms with van der Waals surface area (Å²) >= 11 is 0. The average molecular weight is 348 g/mol. The van der Waals surface area contributed by atoms with Gasteiger partial charge in [-0.25, -0.2) is 4.98 Å². The summed E-state index contributed by atoms with van der Waals surface area (Å²) in [5.74, 6) is -2.40. The SMILES string of the molecule is NCCCC[C@H](N)C(=O)[O-].O=C([O-])C=Cc1c[nH]cn1.[Zn+2]. The van der Waals surface area contributed by atoms with Gasteiger partial charge in [-0.3, -0.25) is 0 Å². The number of imidazole rings is 1. The Morgan fingerprint density at radius 1 is 1.38 bits per heavy atom. The molecule has 0 aliphatic heterocycles. The predicted octanol–water partition coefficient (Wildman–Crippen LogP) is -2.64. The second kappa shape index (κ2) is 13.4. The van der Waals surface area contributed by atoms with E-state index in [2.05, 4.69) is 9.97 Å². The van der Waals surface area contributed by atoms with Crippen molar-refractivity contribution in [3.8, 4) is 0 Å². The summed E-state index contributed by atoms with van der Waals surface area (Å²) < 4.78 is 0. The quantitative estimate of drug-likeness (QED) is 0.276. The van der Waals surface area contributed by atoms with Crippen LogP contribution in [0.3, 0.4) is 0 Å². The molecule has 21 heavy (non-hydrogen) atoms. The molecule has 8 nitrogen and oxygen atoms in total. The molecule has 5 N–H and O–H groups in total. The van der Waals surface area contributed by atoms with Gasteiger partial charge in [0.1, 0.15) is 0 Å². The fourth-order valence-corrected chi connectivity index (χ4v) is 1.14. The van der Waals surface area contributed by atoms with Gasteiger partial charge in [-0.2, -0.15) is 0 Å². The van der Waals surface area contributed by atoms with Gasteiger partial charge in [0.25, 0.3) is 0 Å². The zero-order chi connectivity index (χ0) is 15.4. The van der Waals surface area contributed by atoms with Crippen LogP contribution in [-0.2, 0) is 29.1 Å². The molecule has 1 heterocycles. The van der Waals surface area contributed by atoms with E-state index >= 15 is 0 Å². The van der Waals surface area contributed by atoms with Crippen molar-refractivity contribution < 1.29 is 39.3 Å². The van der Waals surface area contributed by atoms with Crippen LogP contribution >= 0.6 is 0 Å². The van der Waals surface area contributed by atoms with Crippen molar-refractivity contribution in [2.75, 3.05) is 6.54 Å². The molecule has 0 aliphatic carbocycles. The summed E-state index contributed by atoms with van der Waals surface area (Å²) in [6, 6.07) is -0.827. The minimum atomic E-state index is -1.22. The zero-order valence-electron chi connectivity index (χ0n) is 11.7. The van der Waals surface area contributed by atoms with Crippen LogP contribution in [0.2, 0.25) is 0 Å². The molecular weight excluding hydrogens is 330 g/mol. The van der Waals surface area contributed by atoms with Crippen molar-refractivity contribution in [1.82, 2.24) is 9.97 Å². The number of nitrogens with one attached hydrogen (secondary N) is 1. The number of aliphatic carboxylic acids is 2. The molecule has 0 fully saturated rings. The molecule has 0 spiro atoms. The first kappa shape index (κ1) is 21.7. The number of aromatic amines is 1. The molecule has 0 unspecified atom stereocenters. The van der Waals surface area contributed by atoms with E-state index in [1.54, 1.807) is 6.20 Å². The molecule has 0 aromatic carbocycles. The van der Waals surface area contributed by atoms with E-state index in [0.717, 1.165) is 18.9 Å². The Kier molecular flexibility index (Phi) is 13.9. The van der Waals surface area contributed by atoms with Crippen LogP contribution in [0.4, 0.5) is 0 Å². The number of hydrogen-bond acceptors (Lipinski definition) is 7. The third-order valence-electron chi connectivity index (χ3n) is 2.18. The number of nitrogens with zero attached hydrogens (tertiary/aromatic N) is 1. The van der Waals surface area contributed by atoms with Crippen molar-refractivity contribution in [3.63, 3.8) is 0 Å². The standard InChI is InChI=1S/C6H6N2O2.C6H14N2O2.Zn/c9-6(10)2-1-5-3-7-4-8-5;7-4-2-1-3-5(8)6(9)10;/h1-4H,(H,7,8)(H,9,10);5H,1-4,7-8H2,(H,9,10);/q;;+2/p-2/t;5-;/m.0./s1. The van der Waals surface area contributed by atoms with Gasteiger partial charge in [-0.15, -0.1) is 0 Å². The molecule has 1 aromatic heterocycles. The Morgan fingerprint density at radius 3 is 2.48 bits per heavy atom. The molecule has 0 amide bonds. The summed E-state index contributed by atoms with van der Waals surface area (Å²) in [5, 5.41) is 19.9. The Balaban J connectivity index is 0. The van der Waals surface area contributed by atoms with Crippen LogP contribution in [0, 0.1) is 0 Å². The van der Waals surface area contributed by atoms with Crippen LogP contribution in [0.25, 0.3) is 6.08 Å². The smallest absolute Gasteiger partial charge is 0.548 e. The number of carbonyl (C=O) groups excluding carboxylic acids is 2. The number of carboxylic acids is 2. The normalized spacial score (nSPS) is 11.1. The van der Waals surface area contributed by atoms with Crippen LogP contribution < -0.4 is 21.7 Å². The summed E-state index contributed by atoms with van der Waals surface area (Å²) in [6.07, 6.45) is 7.36. The molecule has 1 rings (SSSR count). The summed E-state index contributed by atoms with van der Waals surface area (Å²) in [7, 11) is 0. The predicted molar refractivity (Wildman–Crippen MR) is 68.5 cm³/mol. The zero-order valence-corrected chi connectivity index (χ0v) is 14.6. The number of carboxylic acid groups (broad SMARTS) is 2. The molecule has 0 aliphatic rings. The number of aromatic nitrogens is 2. The minimum absolute atomic E-state index is 0. The maximum absolute atomic E-state index is 10.0. The van der Waals surface area contributed by atoms with E-state index in [1.165, 1.54) is 12.4 Å². The monoisotopic (exact) mass is 346 g/mol. The van der Waals surface area contributed by atoms with Gasteiger partial charge in [-0.05, 0) is 31.5 Å². The molecule has 1 atom stereocenters. The minimum Gasteiger partial charge on any atom is -0.548 e. The summed E-state index contributed by atoms with van der Waals surface area (Å²) in [5.41, 5.74) is 10.9. The summed E-state index contributed by atoms with van der Waals surface area (Å²) in [6.45, 7) is 0.583. The number of nitrogens with two attached hydrogens (primary N) is 2. The van der Waals surface area contributed by atoms with Crippen LogP contribution in [0.15, 0.2) is 18.6 Å². The fraction of sp³-hybridized carbons (Fsp3) is 0.417. The summed E-state index contributed by atoms with van der Waals surface area (Å²) in [4.78, 5) is 26.3. The number of H-pyrrole nitrogens is 1. The van der Waals surface area contributed by atoms with Crippen molar-refractivity contribution in [1.29, 1.82) is 0 Å². The number of unbranched alkanes of at least 4 members (excludes halogenated alkanes) is 1. The first-order valence-electron chi connectivity index (χ1n) is 6.01. The molecule has 9 heteroatoms. The van der Waals surface area contributed by atoms with Gasteiger partial charge in [-0.1, -0.05) is 6.42 Å². The van der Waals surface area contributed by atoms with Gasteiger partial charge in [0.05, 0.1) is 24.0 Å². The molecule has 0 saturated carbocycles. The van der Waals surface area contributed by atoms with Gasteiger partial charge >= 0.3 is 19.5 Å². The number of carbonyl (C=O) groups is 2. The third-order valence-corrected chi connectivity index (χ3v) is 2.18. The van der Waals surface area contributed by atoms with Gasteiger partial charge in [0.15, 0.2) is 0 Å². The van der Waals surface area contributed by atoms with E-state index in [1.807, 2.05) is 0 Å². The maximum atomic E-state index is 10.0. The Bertz CT molecular complexity index is 423. The fourth-order valence-electron chi connectivity index (χ4n) is 1.14. The van der Waals surface area contributed by atoms with Crippen LogP contribution in [0.5, 0.6) is 0 Å². The van der Waals surface area contributed by atoms with Gasteiger partial charge in [0, 0.05) is 12.2 Å². The van der Waals surface area contributed by atoms with E-state index in [0.29, 0.717) is 18.7 Å². The van der Waals surface area contributed by atoms with E-state index in [4.69, 9.17) is 11.5 Å². The first-order chi connectivity index (χ1) is 9.47. The molecule has 1 aromatic rings. The van der Waals surface area contributed by atoms with Gasteiger partial charge in [0.2, 0.25) is 0 Å². The van der Waals surface area contributed by atoms with E-state index < -0.39 is 18.0 Å². The topological polar surface area (TPSA) is 161 Å². The second-order valence-electron chi connectivity index (χ2n) is 3.86. The Labute approximate surface area is 135 Å². The molecule has 112 valence electrons. The average Bonchev–Trinajstić information content (AvgIpc) is 2.90. The molecule has 0 radical (unpaired) electrons. The first-order valence-corrected chi connectivity index (χ1v) is 6.01. The molecule has 0 saturated heterocycles. The van der Waals surface area contributed by atoms with E-state index in [-0.39, 0.29) is 19.5 Å².